The summed E-state index contributed by atoms with van der Waals surface area (Å²) in [5.74, 6) is -0.330. The molecule has 0 aliphatic rings. The van der Waals surface area contributed by atoms with Crippen molar-refractivity contribution in [1.82, 2.24) is 4.98 Å². The summed E-state index contributed by atoms with van der Waals surface area (Å²) in [6.45, 7) is 3.75. The highest BCUT2D eigenvalue weighted by Crippen LogP contribution is 2.31. The fourth-order valence-corrected chi connectivity index (χ4v) is 2.85. The number of aromatic nitrogens is 1. The molecule has 0 aliphatic carbocycles. The lowest BCUT2D eigenvalue weighted by Gasteiger charge is -2.14. The number of fused-ring (bicyclic) bond motifs is 1. The number of benzene rings is 2. The van der Waals surface area contributed by atoms with Crippen LogP contribution in [0.2, 0.25) is 0 Å². The molecule has 1 unspecified atom stereocenters. The highest BCUT2D eigenvalue weighted by atomic mass is 19.1. The summed E-state index contributed by atoms with van der Waals surface area (Å²) in [6.07, 6.45) is 0.175. The van der Waals surface area contributed by atoms with Gasteiger partial charge in [-0.05, 0) is 54.3 Å². The Morgan fingerprint density at radius 2 is 1.92 bits per heavy atom. The summed E-state index contributed by atoms with van der Waals surface area (Å²) < 4.78 is 13.2. The Kier molecular flexibility index (Phi) is 4.28. The Morgan fingerprint density at radius 3 is 2.50 bits per heavy atom. The van der Waals surface area contributed by atoms with Crippen LogP contribution in [0.4, 0.5) is 4.39 Å². The van der Waals surface area contributed by atoms with E-state index in [1.807, 2.05) is 25.1 Å². The number of hydrogen-bond acceptors (Lipinski definition) is 3. The number of rotatable bonds is 3. The molecule has 0 radical (unpaired) electrons. The third-order valence-electron chi connectivity index (χ3n) is 4.15. The smallest absolute Gasteiger partial charge is 0.149 e. The Morgan fingerprint density at radius 1 is 1.21 bits per heavy atom. The van der Waals surface area contributed by atoms with Gasteiger partial charge in [-0.3, -0.25) is 0 Å². The Hall–Kier alpha value is -2.77. The van der Waals surface area contributed by atoms with Gasteiger partial charge < -0.3 is 5.11 Å². The zero-order chi connectivity index (χ0) is 17.3. The minimum atomic E-state index is -0.644. The van der Waals surface area contributed by atoms with Crippen molar-refractivity contribution in [1.29, 1.82) is 5.26 Å². The van der Waals surface area contributed by atoms with Gasteiger partial charge in [-0.2, -0.15) is 5.26 Å². The molecule has 4 heteroatoms. The minimum absolute atomic E-state index is 0.291. The van der Waals surface area contributed by atoms with Crippen molar-refractivity contribution in [2.24, 2.45) is 0 Å². The van der Waals surface area contributed by atoms with E-state index in [1.165, 1.54) is 12.1 Å². The van der Waals surface area contributed by atoms with Crippen LogP contribution in [0.15, 0.2) is 42.5 Å². The predicted octanol–water partition coefficient (Wildman–Crippen LogP) is 4.53. The SMILES string of the molecule is CCc1cc(C(C)O)c2cc(-c3ccc(F)cc3)c(C#N)nc2c1. The van der Waals surface area contributed by atoms with Crippen molar-refractivity contribution in [3.63, 3.8) is 0 Å². The number of nitriles is 1. The van der Waals surface area contributed by atoms with Crippen LogP contribution < -0.4 is 0 Å². The second-order valence-electron chi connectivity index (χ2n) is 5.78. The van der Waals surface area contributed by atoms with Crippen LogP contribution >= 0.6 is 0 Å². The lowest BCUT2D eigenvalue weighted by atomic mass is 9.95. The molecular weight excluding hydrogens is 303 g/mol. The van der Waals surface area contributed by atoms with Crippen molar-refractivity contribution >= 4 is 10.9 Å². The molecule has 0 fully saturated rings. The summed E-state index contributed by atoms with van der Waals surface area (Å²) in [6, 6.07) is 13.9. The number of aliphatic hydroxyl groups is 1. The lowest BCUT2D eigenvalue weighted by Crippen LogP contribution is -1.99. The number of aliphatic hydroxyl groups excluding tert-OH is 1. The fraction of sp³-hybridized carbons (Fsp3) is 0.200. The molecule has 24 heavy (non-hydrogen) atoms. The van der Waals surface area contributed by atoms with E-state index in [4.69, 9.17) is 0 Å². The first-order valence-electron chi connectivity index (χ1n) is 7.85. The third kappa shape index (κ3) is 2.86. The van der Waals surface area contributed by atoms with Gasteiger partial charge in [0.1, 0.15) is 17.6 Å². The van der Waals surface area contributed by atoms with Crippen LogP contribution in [-0.2, 0) is 6.42 Å². The van der Waals surface area contributed by atoms with E-state index in [0.29, 0.717) is 16.8 Å². The van der Waals surface area contributed by atoms with Gasteiger partial charge in [0.05, 0.1) is 11.6 Å². The van der Waals surface area contributed by atoms with E-state index in [2.05, 4.69) is 11.1 Å². The van der Waals surface area contributed by atoms with Crippen LogP contribution in [0.5, 0.6) is 0 Å². The van der Waals surface area contributed by atoms with Crippen molar-refractivity contribution in [2.75, 3.05) is 0 Å². The van der Waals surface area contributed by atoms with E-state index >= 15 is 0 Å². The molecule has 1 atom stereocenters. The zero-order valence-corrected chi connectivity index (χ0v) is 13.5. The summed E-state index contributed by atoms with van der Waals surface area (Å²) in [4.78, 5) is 4.48. The summed E-state index contributed by atoms with van der Waals surface area (Å²) in [5, 5.41) is 20.4. The molecule has 1 N–H and O–H groups in total. The van der Waals surface area contributed by atoms with Crippen molar-refractivity contribution < 1.29 is 9.50 Å². The highest BCUT2D eigenvalue weighted by Gasteiger charge is 2.14. The van der Waals surface area contributed by atoms with Crippen LogP contribution in [0, 0.1) is 17.1 Å². The molecule has 0 bridgehead atoms. The monoisotopic (exact) mass is 320 g/mol. The quantitative estimate of drug-likeness (QED) is 0.771. The topological polar surface area (TPSA) is 56.9 Å². The van der Waals surface area contributed by atoms with Crippen molar-refractivity contribution in [3.8, 4) is 17.2 Å². The lowest BCUT2D eigenvalue weighted by molar-refractivity contribution is 0.201. The average molecular weight is 320 g/mol. The van der Waals surface area contributed by atoms with Crippen molar-refractivity contribution in [2.45, 2.75) is 26.4 Å². The largest absolute Gasteiger partial charge is 0.389 e. The van der Waals surface area contributed by atoms with Gasteiger partial charge in [0, 0.05) is 10.9 Å². The minimum Gasteiger partial charge on any atom is -0.389 e. The highest BCUT2D eigenvalue weighted by molar-refractivity contribution is 5.89. The Bertz CT molecular complexity index is 940. The molecule has 3 rings (SSSR count). The van der Waals surface area contributed by atoms with E-state index in [0.717, 1.165) is 28.5 Å². The van der Waals surface area contributed by atoms with Crippen LogP contribution in [-0.4, -0.2) is 10.1 Å². The molecule has 0 amide bonds. The first kappa shape index (κ1) is 16.1. The molecule has 3 nitrogen and oxygen atoms in total. The van der Waals surface area contributed by atoms with Gasteiger partial charge in [-0.15, -0.1) is 0 Å². The predicted molar refractivity (Wildman–Crippen MR) is 91.9 cm³/mol. The normalized spacial score (nSPS) is 12.1. The second-order valence-corrected chi connectivity index (χ2v) is 5.78. The molecular formula is C20H17FN2O. The Balaban J connectivity index is 2.33. The first-order chi connectivity index (χ1) is 11.5. The van der Waals surface area contributed by atoms with Gasteiger partial charge in [0.15, 0.2) is 0 Å². The number of hydrogen-bond donors (Lipinski definition) is 1. The van der Waals surface area contributed by atoms with E-state index in [1.54, 1.807) is 19.1 Å². The standard InChI is InChI=1S/C20H17FN2O/c1-3-13-8-16(12(2)24)18-10-17(14-4-6-15(21)7-5-14)20(11-22)23-19(18)9-13/h4-10,12,24H,3H2,1-2H3. The molecule has 0 aliphatic heterocycles. The maximum Gasteiger partial charge on any atom is 0.149 e. The summed E-state index contributed by atoms with van der Waals surface area (Å²) >= 11 is 0. The zero-order valence-electron chi connectivity index (χ0n) is 13.5. The van der Waals surface area contributed by atoms with Gasteiger partial charge in [-0.25, -0.2) is 9.37 Å². The van der Waals surface area contributed by atoms with Crippen LogP contribution in [0.3, 0.4) is 0 Å². The van der Waals surface area contributed by atoms with Gasteiger partial charge in [0.25, 0.3) is 0 Å². The van der Waals surface area contributed by atoms with E-state index in [-0.39, 0.29) is 5.82 Å². The van der Waals surface area contributed by atoms with E-state index in [9.17, 15) is 14.8 Å². The van der Waals surface area contributed by atoms with Crippen LogP contribution in [0.1, 0.15) is 36.8 Å². The fourth-order valence-electron chi connectivity index (χ4n) is 2.85. The molecule has 0 saturated heterocycles. The Labute approximate surface area is 140 Å². The third-order valence-corrected chi connectivity index (χ3v) is 4.15. The summed E-state index contributed by atoms with van der Waals surface area (Å²) in [5.41, 5.74) is 4.18. The van der Waals surface area contributed by atoms with E-state index < -0.39 is 6.10 Å². The van der Waals surface area contributed by atoms with Crippen molar-refractivity contribution in [3.05, 3.63) is 65.1 Å². The summed E-state index contributed by atoms with van der Waals surface area (Å²) in [7, 11) is 0. The van der Waals surface area contributed by atoms with Gasteiger partial charge in [-0.1, -0.05) is 25.1 Å². The number of nitrogens with zero attached hydrogens (tertiary/aromatic N) is 2. The maximum absolute atomic E-state index is 13.2. The number of pyridine rings is 1. The van der Waals surface area contributed by atoms with Gasteiger partial charge in [0.2, 0.25) is 0 Å². The number of aryl methyl sites for hydroxylation is 1. The molecule has 3 aromatic rings. The first-order valence-corrected chi connectivity index (χ1v) is 7.85. The molecule has 1 heterocycles. The maximum atomic E-state index is 13.2. The molecule has 0 spiro atoms. The molecule has 120 valence electrons. The molecule has 0 saturated carbocycles. The average Bonchev–Trinajstić information content (AvgIpc) is 2.60. The van der Waals surface area contributed by atoms with Crippen LogP contribution in [0.25, 0.3) is 22.0 Å². The number of halogens is 1. The molecule has 2 aromatic carbocycles. The van der Waals surface area contributed by atoms with Gasteiger partial charge >= 0.3 is 0 Å². The second kappa shape index (κ2) is 6.38. The molecule has 1 aromatic heterocycles.